The van der Waals surface area contributed by atoms with Crippen molar-refractivity contribution < 1.29 is 14.3 Å². The Labute approximate surface area is 137 Å². The van der Waals surface area contributed by atoms with Gasteiger partial charge in [-0.25, -0.2) is 0 Å². The van der Waals surface area contributed by atoms with E-state index in [0.717, 1.165) is 28.2 Å². The Morgan fingerprint density at radius 3 is 2.26 bits per heavy atom. The van der Waals surface area contributed by atoms with E-state index in [0.29, 0.717) is 0 Å². The topological polar surface area (TPSA) is 47.6 Å². The summed E-state index contributed by atoms with van der Waals surface area (Å²) in [6.07, 6.45) is 0. The molecule has 0 fully saturated rings. The van der Waals surface area contributed by atoms with Crippen molar-refractivity contribution in [1.82, 2.24) is 5.32 Å². The van der Waals surface area contributed by atoms with E-state index in [2.05, 4.69) is 5.32 Å². The Kier molecular flexibility index (Phi) is 5.63. The van der Waals surface area contributed by atoms with Gasteiger partial charge in [-0.15, -0.1) is 0 Å². The maximum absolute atomic E-state index is 12.1. The van der Waals surface area contributed by atoms with Crippen LogP contribution in [-0.4, -0.2) is 19.6 Å². The number of rotatable bonds is 6. The lowest BCUT2D eigenvalue weighted by atomic mass is 10.1. The Bertz CT molecular complexity index is 645. The zero-order chi connectivity index (χ0) is 16.8. The molecule has 0 aliphatic carbocycles. The third-order valence-electron chi connectivity index (χ3n) is 3.75. The van der Waals surface area contributed by atoms with Crippen LogP contribution in [0.2, 0.25) is 0 Å². The molecule has 1 amide bonds. The molecule has 0 bridgehead atoms. The number of ether oxygens (including phenoxy) is 2. The lowest BCUT2D eigenvalue weighted by Crippen LogP contribution is -2.31. The van der Waals surface area contributed by atoms with Gasteiger partial charge >= 0.3 is 0 Å². The first-order valence-corrected chi connectivity index (χ1v) is 7.63. The van der Waals surface area contributed by atoms with Crippen LogP contribution in [0.3, 0.4) is 0 Å². The van der Waals surface area contributed by atoms with Gasteiger partial charge in [-0.05, 0) is 49.6 Å². The molecular weight excluding hydrogens is 290 g/mol. The Balaban J connectivity index is 1.91. The van der Waals surface area contributed by atoms with Gasteiger partial charge in [-0.3, -0.25) is 4.79 Å². The molecule has 2 rings (SSSR count). The van der Waals surface area contributed by atoms with Crippen molar-refractivity contribution in [1.29, 1.82) is 0 Å². The van der Waals surface area contributed by atoms with Crippen molar-refractivity contribution in [2.75, 3.05) is 13.7 Å². The summed E-state index contributed by atoms with van der Waals surface area (Å²) >= 11 is 0. The number of carbonyl (C=O) groups is 1. The van der Waals surface area contributed by atoms with E-state index in [1.165, 1.54) is 0 Å². The molecule has 0 heterocycles. The highest BCUT2D eigenvalue weighted by Gasteiger charge is 2.11. The normalized spacial score (nSPS) is 11.7. The van der Waals surface area contributed by atoms with Crippen molar-refractivity contribution in [3.8, 4) is 11.5 Å². The Morgan fingerprint density at radius 1 is 1.09 bits per heavy atom. The average molecular weight is 313 g/mol. The van der Waals surface area contributed by atoms with E-state index in [-0.39, 0.29) is 18.6 Å². The van der Waals surface area contributed by atoms with Crippen LogP contribution in [0.1, 0.15) is 29.7 Å². The van der Waals surface area contributed by atoms with E-state index >= 15 is 0 Å². The predicted molar refractivity (Wildman–Crippen MR) is 91.0 cm³/mol. The molecule has 0 radical (unpaired) electrons. The van der Waals surface area contributed by atoms with E-state index in [1.807, 2.05) is 63.2 Å². The Morgan fingerprint density at radius 2 is 1.70 bits per heavy atom. The van der Waals surface area contributed by atoms with Crippen LogP contribution in [0.5, 0.6) is 11.5 Å². The molecule has 2 aromatic carbocycles. The summed E-state index contributed by atoms with van der Waals surface area (Å²) in [6.45, 7) is 5.89. The van der Waals surface area contributed by atoms with Gasteiger partial charge in [-0.1, -0.05) is 30.3 Å². The van der Waals surface area contributed by atoms with Crippen LogP contribution in [-0.2, 0) is 4.79 Å². The number of hydrogen-bond donors (Lipinski definition) is 1. The van der Waals surface area contributed by atoms with E-state index in [9.17, 15) is 4.79 Å². The van der Waals surface area contributed by atoms with Crippen molar-refractivity contribution in [3.05, 3.63) is 59.2 Å². The van der Waals surface area contributed by atoms with E-state index in [1.54, 1.807) is 7.11 Å². The fourth-order valence-corrected chi connectivity index (χ4v) is 2.42. The molecule has 2 aromatic rings. The number of benzene rings is 2. The number of carbonyl (C=O) groups excluding carboxylic acids is 1. The van der Waals surface area contributed by atoms with E-state index in [4.69, 9.17) is 9.47 Å². The summed E-state index contributed by atoms with van der Waals surface area (Å²) in [4.78, 5) is 12.1. The average Bonchev–Trinajstić information content (AvgIpc) is 2.54. The predicted octanol–water partition coefficient (Wildman–Crippen LogP) is 3.57. The zero-order valence-electron chi connectivity index (χ0n) is 14.1. The van der Waals surface area contributed by atoms with Gasteiger partial charge in [-0.2, -0.15) is 0 Å². The molecule has 4 nitrogen and oxygen atoms in total. The van der Waals surface area contributed by atoms with Gasteiger partial charge in [0.1, 0.15) is 11.5 Å². The number of amides is 1. The summed E-state index contributed by atoms with van der Waals surface area (Å²) in [5.41, 5.74) is 3.08. The zero-order valence-corrected chi connectivity index (χ0v) is 14.1. The largest absolute Gasteiger partial charge is 0.497 e. The van der Waals surface area contributed by atoms with Crippen LogP contribution in [0.4, 0.5) is 0 Å². The number of para-hydroxylation sites is 1. The van der Waals surface area contributed by atoms with Crippen molar-refractivity contribution in [2.45, 2.75) is 26.8 Å². The maximum Gasteiger partial charge on any atom is 0.258 e. The lowest BCUT2D eigenvalue weighted by Gasteiger charge is -2.16. The van der Waals surface area contributed by atoms with Gasteiger partial charge in [0, 0.05) is 0 Å². The first-order valence-electron chi connectivity index (χ1n) is 7.63. The van der Waals surface area contributed by atoms with Crippen molar-refractivity contribution >= 4 is 5.91 Å². The molecule has 0 spiro atoms. The molecule has 4 heteroatoms. The van der Waals surface area contributed by atoms with Gasteiger partial charge < -0.3 is 14.8 Å². The second kappa shape index (κ2) is 7.68. The maximum atomic E-state index is 12.1. The monoisotopic (exact) mass is 313 g/mol. The summed E-state index contributed by atoms with van der Waals surface area (Å²) in [5.74, 6) is 1.43. The third kappa shape index (κ3) is 4.49. The minimum absolute atomic E-state index is 0.00614. The van der Waals surface area contributed by atoms with Gasteiger partial charge in [0.25, 0.3) is 5.91 Å². The van der Waals surface area contributed by atoms with Crippen molar-refractivity contribution in [2.24, 2.45) is 0 Å². The van der Waals surface area contributed by atoms with E-state index < -0.39 is 0 Å². The van der Waals surface area contributed by atoms with Crippen LogP contribution in [0.25, 0.3) is 0 Å². The molecule has 0 unspecified atom stereocenters. The quantitative estimate of drug-likeness (QED) is 0.887. The standard InChI is InChI=1S/C19H23NO3/c1-13-6-5-7-14(2)19(13)23-12-18(21)20-15(3)16-8-10-17(22-4)11-9-16/h5-11,15H,12H2,1-4H3,(H,20,21)/t15-/m0/s1. The SMILES string of the molecule is COc1ccc([C@H](C)NC(=O)COc2c(C)cccc2C)cc1. The second-order valence-electron chi connectivity index (χ2n) is 5.57. The summed E-state index contributed by atoms with van der Waals surface area (Å²) in [7, 11) is 1.63. The number of hydrogen-bond acceptors (Lipinski definition) is 3. The molecule has 1 N–H and O–H groups in total. The molecule has 0 aromatic heterocycles. The first kappa shape index (κ1) is 16.9. The molecule has 0 aliphatic heterocycles. The minimum atomic E-state index is -0.143. The number of methoxy groups -OCH3 is 1. The van der Waals surface area contributed by atoms with Crippen LogP contribution in [0.15, 0.2) is 42.5 Å². The summed E-state index contributed by atoms with van der Waals surface area (Å²) < 4.78 is 10.8. The van der Waals surface area contributed by atoms with Crippen LogP contribution >= 0.6 is 0 Å². The highest BCUT2D eigenvalue weighted by Crippen LogP contribution is 2.22. The smallest absolute Gasteiger partial charge is 0.258 e. The molecule has 122 valence electrons. The minimum Gasteiger partial charge on any atom is -0.497 e. The Hall–Kier alpha value is -2.49. The molecule has 0 aliphatic rings. The molecule has 0 saturated carbocycles. The third-order valence-corrected chi connectivity index (χ3v) is 3.75. The fraction of sp³-hybridized carbons (Fsp3) is 0.316. The highest BCUT2D eigenvalue weighted by atomic mass is 16.5. The second-order valence-corrected chi connectivity index (χ2v) is 5.57. The molecule has 1 atom stereocenters. The first-order chi connectivity index (χ1) is 11.0. The van der Waals surface area contributed by atoms with Gasteiger partial charge in [0.15, 0.2) is 6.61 Å². The summed E-state index contributed by atoms with van der Waals surface area (Å²) in [6, 6.07) is 13.5. The molecule has 23 heavy (non-hydrogen) atoms. The molecule has 0 saturated heterocycles. The number of aryl methyl sites for hydroxylation is 2. The fourth-order valence-electron chi connectivity index (χ4n) is 2.42. The molecular formula is C19H23NO3. The van der Waals surface area contributed by atoms with Crippen LogP contribution in [0, 0.1) is 13.8 Å². The van der Waals surface area contributed by atoms with Gasteiger partial charge in [0.05, 0.1) is 13.2 Å². The number of nitrogens with one attached hydrogen (secondary N) is 1. The van der Waals surface area contributed by atoms with Crippen LogP contribution < -0.4 is 14.8 Å². The highest BCUT2D eigenvalue weighted by molar-refractivity contribution is 5.78. The summed E-state index contributed by atoms with van der Waals surface area (Å²) in [5, 5.41) is 2.94. The van der Waals surface area contributed by atoms with Gasteiger partial charge in [0.2, 0.25) is 0 Å². The van der Waals surface area contributed by atoms with Crippen molar-refractivity contribution in [3.63, 3.8) is 0 Å². The lowest BCUT2D eigenvalue weighted by molar-refractivity contribution is -0.123.